The van der Waals surface area contributed by atoms with Crippen LogP contribution in [0.4, 0.5) is 0 Å². The molecule has 24 heavy (non-hydrogen) atoms. The summed E-state index contributed by atoms with van der Waals surface area (Å²) >= 11 is 0. The lowest BCUT2D eigenvalue weighted by atomic mass is 10.2. The van der Waals surface area contributed by atoms with Crippen LogP contribution in [-0.2, 0) is 20.4 Å². The fraction of sp³-hybridized carbons (Fsp3) is 0.611. The van der Waals surface area contributed by atoms with Crippen molar-refractivity contribution in [2.45, 2.75) is 59.9 Å². The summed E-state index contributed by atoms with van der Waals surface area (Å²) in [6.07, 6.45) is 4.13. The molecule has 6 heteroatoms. The molecule has 140 valence electrons. The molecular formula is C18H34NO4P. The molecule has 0 aliphatic heterocycles. The van der Waals surface area contributed by atoms with Gasteiger partial charge >= 0.3 is 8.60 Å². The second-order valence-corrected chi connectivity index (χ2v) is 6.20. The minimum atomic E-state index is -1.60. The van der Waals surface area contributed by atoms with Crippen molar-refractivity contribution in [3.05, 3.63) is 35.9 Å². The number of hydrogen-bond donors (Lipinski definition) is 2. The highest BCUT2D eigenvalue weighted by atomic mass is 31.2. The van der Waals surface area contributed by atoms with Crippen LogP contribution in [0, 0.1) is 0 Å². The summed E-state index contributed by atoms with van der Waals surface area (Å²) in [5.41, 5.74) is 6.54. The third kappa shape index (κ3) is 23.4. The first kappa shape index (κ1) is 25.4. The Morgan fingerprint density at radius 2 is 1.46 bits per heavy atom. The first-order chi connectivity index (χ1) is 11.5. The first-order valence-corrected chi connectivity index (χ1v) is 9.56. The average molecular weight is 359 g/mol. The number of carbonyl (C=O) groups is 1. The van der Waals surface area contributed by atoms with Gasteiger partial charge in [0, 0.05) is 6.54 Å². The normalized spacial score (nSPS) is 9.62. The molecular weight excluding hydrogens is 325 g/mol. The highest BCUT2D eigenvalue weighted by molar-refractivity contribution is 7.40. The summed E-state index contributed by atoms with van der Waals surface area (Å²) in [6, 6.07) is 9.99. The van der Waals surface area contributed by atoms with Crippen molar-refractivity contribution in [1.29, 1.82) is 0 Å². The van der Waals surface area contributed by atoms with Crippen molar-refractivity contribution in [3.8, 4) is 0 Å². The molecule has 5 nitrogen and oxygen atoms in total. The zero-order valence-corrected chi connectivity index (χ0v) is 16.4. The molecule has 0 saturated carbocycles. The van der Waals surface area contributed by atoms with Crippen molar-refractivity contribution < 1.29 is 18.7 Å². The number of benzene rings is 1. The van der Waals surface area contributed by atoms with Gasteiger partial charge in [-0.1, -0.05) is 57.0 Å². The van der Waals surface area contributed by atoms with E-state index >= 15 is 0 Å². The molecule has 0 aliphatic carbocycles. The Bertz CT molecular complexity index is 363. The number of carbonyl (C=O) groups excluding carboxylic acids is 1. The fourth-order valence-corrected chi connectivity index (χ4v) is 1.87. The molecule has 1 rings (SSSR count). The van der Waals surface area contributed by atoms with Crippen LogP contribution in [0.25, 0.3) is 0 Å². The molecule has 0 amide bonds. The molecule has 0 spiro atoms. The smallest absolute Gasteiger partial charge is 0.328 e. The van der Waals surface area contributed by atoms with Gasteiger partial charge in [0.1, 0.15) is 5.78 Å². The van der Waals surface area contributed by atoms with Gasteiger partial charge < -0.3 is 24.5 Å². The molecule has 0 bridgehead atoms. The summed E-state index contributed by atoms with van der Waals surface area (Å²) in [5, 5.41) is 0. The molecule has 0 atom stereocenters. The van der Waals surface area contributed by atoms with E-state index in [1.165, 1.54) is 19.4 Å². The fourth-order valence-electron chi connectivity index (χ4n) is 1.23. The Labute approximate surface area is 148 Å². The van der Waals surface area contributed by atoms with Gasteiger partial charge in [-0.25, -0.2) is 0 Å². The highest BCUT2D eigenvalue weighted by Gasteiger charge is 2.04. The predicted octanol–water partition coefficient (Wildman–Crippen LogP) is 4.58. The number of unbranched alkanes of at least 4 members (excludes halogenated alkanes) is 2. The minimum absolute atomic E-state index is 0.167. The van der Waals surface area contributed by atoms with Crippen molar-refractivity contribution in [2.24, 2.45) is 5.73 Å². The topological polar surface area (TPSA) is 81.8 Å². The molecule has 0 aromatic heterocycles. The molecule has 0 saturated heterocycles. The second kappa shape index (κ2) is 20.2. The van der Waals surface area contributed by atoms with E-state index in [-0.39, 0.29) is 5.78 Å². The lowest BCUT2D eigenvalue weighted by molar-refractivity contribution is -0.114. The molecule has 0 fully saturated rings. The number of nitrogens with two attached hydrogens (primary N) is 1. The highest BCUT2D eigenvalue weighted by Crippen LogP contribution is 2.32. The van der Waals surface area contributed by atoms with E-state index in [0.717, 1.165) is 25.7 Å². The van der Waals surface area contributed by atoms with Crippen LogP contribution >= 0.6 is 8.60 Å². The standard InChI is InChI=1S/C8H19O3P.C7H9N.C3H6O/c1-3-5-7-10-12(9)11-8-6-4-2;8-6-7-4-2-1-3-5-7;1-3(2)4/h9H,3-8H2,1-2H3;1-5H,6,8H2;1-2H3. The second-order valence-electron chi connectivity index (χ2n) is 5.21. The van der Waals surface area contributed by atoms with Gasteiger partial charge in [0.15, 0.2) is 0 Å². The van der Waals surface area contributed by atoms with Crippen molar-refractivity contribution in [2.75, 3.05) is 13.2 Å². The van der Waals surface area contributed by atoms with Crippen LogP contribution in [0.5, 0.6) is 0 Å². The molecule has 1 aromatic rings. The third-order valence-corrected chi connectivity index (χ3v) is 3.28. The van der Waals surface area contributed by atoms with E-state index in [1.807, 2.05) is 30.3 Å². The summed E-state index contributed by atoms with van der Waals surface area (Å²) in [5.74, 6) is 0.167. The van der Waals surface area contributed by atoms with E-state index < -0.39 is 8.60 Å². The number of rotatable bonds is 9. The lowest BCUT2D eigenvalue weighted by Crippen LogP contribution is -1.94. The maximum atomic E-state index is 9.44. The van der Waals surface area contributed by atoms with E-state index in [0.29, 0.717) is 19.8 Å². The van der Waals surface area contributed by atoms with Gasteiger partial charge in [-0.15, -0.1) is 0 Å². The summed E-state index contributed by atoms with van der Waals surface area (Å²) in [7, 11) is -1.60. The van der Waals surface area contributed by atoms with E-state index in [4.69, 9.17) is 19.7 Å². The summed E-state index contributed by atoms with van der Waals surface area (Å²) in [6.45, 7) is 9.07. The Morgan fingerprint density at radius 1 is 1.04 bits per heavy atom. The van der Waals surface area contributed by atoms with Crippen LogP contribution in [0.1, 0.15) is 58.9 Å². The van der Waals surface area contributed by atoms with Gasteiger partial charge in [-0.05, 0) is 32.3 Å². The van der Waals surface area contributed by atoms with Gasteiger partial charge in [-0.3, -0.25) is 0 Å². The van der Waals surface area contributed by atoms with Gasteiger partial charge in [-0.2, -0.15) is 0 Å². The van der Waals surface area contributed by atoms with Crippen LogP contribution in [-0.4, -0.2) is 23.9 Å². The van der Waals surface area contributed by atoms with Gasteiger partial charge in [0.25, 0.3) is 0 Å². The molecule has 0 heterocycles. The van der Waals surface area contributed by atoms with E-state index in [1.54, 1.807) is 0 Å². The maximum absolute atomic E-state index is 9.44. The van der Waals surface area contributed by atoms with Gasteiger partial charge in [0.2, 0.25) is 0 Å². The van der Waals surface area contributed by atoms with Crippen LogP contribution < -0.4 is 5.73 Å². The van der Waals surface area contributed by atoms with E-state index in [2.05, 4.69) is 13.8 Å². The minimum Gasteiger partial charge on any atom is -0.328 e. The van der Waals surface area contributed by atoms with Crippen molar-refractivity contribution >= 4 is 14.4 Å². The molecule has 0 unspecified atom stereocenters. The SMILES string of the molecule is CC(C)=O.CCCCOP(O)OCCCC.NCc1ccccc1. The maximum Gasteiger partial charge on any atom is 0.329 e. The van der Waals surface area contributed by atoms with Crippen LogP contribution in [0.2, 0.25) is 0 Å². The number of hydrogen-bond acceptors (Lipinski definition) is 5. The quantitative estimate of drug-likeness (QED) is 0.498. The number of Topliss-reactive ketones (excluding diaryl/α,β-unsaturated/α-hetero) is 1. The third-order valence-electron chi connectivity index (χ3n) is 2.48. The lowest BCUT2D eigenvalue weighted by Gasteiger charge is -2.09. The zero-order chi connectivity index (χ0) is 18.6. The largest absolute Gasteiger partial charge is 0.329 e. The van der Waals surface area contributed by atoms with Gasteiger partial charge in [0.05, 0.1) is 13.2 Å². The van der Waals surface area contributed by atoms with Crippen LogP contribution in [0.15, 0.2) is 30.3 Å². The van der Waals surface area contributed by atoms with Crippen molar-refractivity contribution in [3.63, 3.8) is 0 Å². The molecule has 3 N–H and O–H groups in total. The summed E-state index contributed by atoms with van der Waals surface area (Å²) < 4.78 is 10.1. The zero-order valence-electron chi connectivity index (χ0n) is 15.5. The average Bonchev–Trinajstić information content (AvgIpc) is 2.56. The predicted molar refractivity (Wildman–Crippen MR) is 102 cm³/mol. The molecule has 0 radical (unpaired) electrons. The summed E-state index contributed by atoms with van der Waals surface area (Å²) in [4.78, 5) is 18.6. The molecule has 0 aliphatic rings. The number of ketones is 1. The Morgan fingerprint density at radius 3 is 1.75 bits per heavy atom. The molecule has 1 aromatic carbocycles. The Kier molecular flexibility index (Phi) is 21.4. The monoisotopic (exact) mass is 359 g/mol. The van der Waals surface area contributed by atoms with Crippen molar-refractivity contribution in [1.82, 2.24) is 0 Å². The Hall–Kier alpha value is -0.840. The Balaban J connectivity index is 0. The first-order valence-electron chi connectivity index (χ1n) is 8.43. The van der Waals surface area contributed by atoms with Crippen LogP contribution in [0.3, 0.4) is 0 Å². The van der Waals surface area contributed by atoms with E-state index in [9.17, 15) is 4.79 Å².